The van der Waals surface area contributed by atoms with E-state index in [-0.39, 0.29) is 62.6 Å². The summed E-state index contributed by atoms with van der Waals surface area (Å²) in [6.45, 7) is 11.5. The number of hydrogen-bond acceptors (Lipinski definition) is 2. The Hall–Kier alpha value is -4.13. The molecule has 0 aliphatic rings. The van der Waals surface area contributed by atoms with Crippen molar-refractivity contribution < 1.29 is 110 Å². The van der Waals surface area contributed by atoms with Crippen LogP contribution in [0.15, 0.2) is 69.3 Å². The largest absolute Gasteiger partial charge is 0.460 e. The zero-order chi connectivity index (χ0) is 70.1. The van der Waals surface area contributed by atoms with Gasteiger partial charge < -0.3 is 4.18 Å². The first-order valence-corrected chi connectivity index (χ1v) is 33.4. The highest BCUT2D eigenvalue weighted by atomic mass is 32.3. The maximum atomic E-state index is 17.3. The molecule has 0 fully saturated rings. The van der Waals surface area contributed by atoms with Crippen molar-refractivity contribution in [2.45, 2.75) is 314 Å². The first-order valence-electron chi connectivity index (χ1n) is 31.9. The van der Waals surface area contributed by atoms with Crippen molar-refractivity contribution in [1.82, 2.24) is 0 Å². The van der Waals surface area contributed by atoms with E-state index in [9.17, 15) is 48.3 Å². The number of halogens is 23. The molecule has 0 aliphatic carbocycles. The lowest BCUT2D eigenvalue weighted by Gasteiger charge is -2.46. The summed E-state index contributed by atoms with van der Waals surface area (Å²) in [6.07, 6.45) is 7.29. The fraction of sp³-hybridized carbons (Fsp3) is 0.712. The number of aryl methyl sites for hydroxylation is 6. The number of rotatable bonds is 44. The van der Waals surface area contributed by atoms with Gasteiger partial charge in [0, 0.05) is 14.7 Å². The smallest absolute Gasteiger partial charge is 0.397 e. The van der Waals surface area contributed by atoms with E-state index in [0.717, 1.165) is 38.5 Å². The van der Waals surface area contributed by atoms with Gasteiger partial charge in [0.2, 0.25) is 0 Å². The van der Waals surface area contributed by atoms with E-state index in [1.54, 1.807) is 24.3 Å². The van der Waals surface area contributed by atoms with Gasteiger partial charge in [-0.1, -0.05) is 200 Å². The first-order chi connectivity index (χ1) is 42.6. The van der Waals surface area contributed by atoms with Crippen LogP contribution in [0, 0.1) is 0 Å². The normalized spacial score (nSPS) is 14.1. The van der Waals surface area contributed by atoms with Gasteiger partial charge in [0.1, 0.15) is 0 Å². The molecular weight excluding hydrogens is 1290 g/mol. The molecule has 0 atom stereocenters. The Kier molecular flexibility index (Phi) is 30.1. The Balaban J connectivity index is 2.79. The van der Waals surface area contributed by atoms with E-state index >= 15 is 57.5 Å². The van der Waals surface area contributed by atoms with Crippen molar-refractivity contribution in [1.29, 1.82) is 0 Å². The summed E-state index contributed by atoms with van der Waals surface area (Å²) in [5, 5.41) is 0. The van der Waals surface area contributed by atoms with Crippen LogP contribution in [0.2, 0.25) is 0 Å². The molecule has 0 heterocycles. The number of alkyl halides is 23. The van der Waals surface area contributed by atoms with Crippen molar-refractivity contribution in [3.05, 3.63) is 88.0 Å². The Morgan fingerprint density at radius 2 is 0.554 bits per heavy atom. The minimum atomic E-state index is -9.59. The zero-order valence-electron chi connectivity index (χ0n) is 52.8. The molecule has 0 amide bonds. The molecule has 26 heteroatoms. The lowest BCUT2D eigenvalue weighted by molar-refractivity contribution is -0.477. The minimum Gasteiger partial charge on any atom is -0.397 e. The first kappa shape index (κ1) is 82.1. The lowest BCUT2D eigenvalue weighted by atomic mass is 9.85. The van der Waals surface area contributed by atoms with Crippen LogP contribution in [0.3, 0.4) is 0 Å². The van der Waals surface area contributed by atoms with Crippen LogP contribution in [0.4, 0.5) is 101 Å². The Bertz CT molecular complexity index is 2570. The molecule has 530 valence electrons. The summed E-state index contributed by atoms with van der Waals surface area (Å²) in [4.78, 5) is 14.5. The maximum Gasteiger partial charge on any atom is 0.460 e. The number of hydrogen-bond donors (Lipinski definition) is 0. The zero-order valence-corrected chi connectivity index (χ0v) is 53.6. The fourth-order valence-corrected chi connectivity index (χ4v) is 15.0. The second kappa shape index (κ2) is 33.7. The molecule has 0 radical (unpaired) electrons. The summed E-state index contributed by atoms with van der Waals surface area (Å²) in [5.41, 5.74) is 2.44. The highest BCUT2D eigenvalue weighted by Gasteiger charge is 2.99. The van der Waals surface area contributed by atoms with Crippen molar-refractivity contribution >= 4 is 16.3 Å². The van der Waals surface area contributed by atoms with Gasteiger partial charge in [-0.25, -0.2) is 4.79 Å². The van der Waals surface area contributed by atoms with Gasteiger partial charge in [-0.05, 0) is 133 Å². The number of unbranched alkanes of at least 4 members (excludes halogenated alkanes) is 18. The molecular formula is C66H87F23O2S. The molecule has 0 aromatic heterocycles. The second-order valence-corrected chi connectivity index (χ2v) is 26.4. The number of benzene rings is 3. The summed E-state index contributed by atoms with van der Waals surface area (Å²) in [5.74, 6) is -94.7. The van der Waals surface area contributed by atoms with E-state index in [1.807, 2.05) is 41.5 Å². The third kappa shape index (κ3) is 17.0. The Labute approximate surface area is 526 Å². The van der Waals surface area contributed by atoms with E-state index in [0.29, 0.717) is 140 Å². The van der Waals surface area contributed by atoms with E-state index in [4.69, 9.17) is 4.18 Å². The molecule has 0 saturated carbocycles. The molecule has 0 saturated heterocycles. The summed E-state index contributed by atoms with van der Waals surface area (Å²) < 4.78 is 351. The molecule has 0 bridgehead atoms. The van der Waals surface area contributed by atoms with Crippen LogP contribution in [0.25, 0.3) is 0 Å². The quantitative estimate of drug-likeness (QED) is 0.0417. The van der Waals surface area contributed by atoms with Crippen LogP contribution in [0.5, 0.6) is 0 Å². The average molecular weight is 1380 g/mol. The van der Waals surface area contributed by atoms with Gasteiger partial charge in [-0.15, -0.1) is 0 Å². The molecule has 0 spiro atoms. The topological polar surface area (TPSA) is 26.3 Å². The van der Waals surface area contributed by atoms with Crippen LogP contribution in [-0.4, -0.2) is 71.4 Å². The van der Waals surface area contributed by atoms with Gasteiger partial charge in [-0.2, -0.15) is 101 Å². The van der Waals surface area contributed by atoms with Crippen LogP contribution < -0.4 is 0 Å². The van der Waals surface area contributed by atoms with Crippen LogP contribution in [0.1, 0.15) is 229 Å². The molecule has 3 aromatic rings. The van der Waals surface area contributed by atoms with Crippen molar-refractivity contribution in [3.63, 3.8) is 0 Å². The molecule has 3 aromatic carbocycles. The van der Waals surface area contributed by atoms with E-state index < -0.39 is 81.7 Å². The second-order valence-electron chi connectivity index (χ2n) is 23.8. The predicted molar refractivity (Wildman–Crippen MR) is 310 cm³/mol. The highest BCUT2D eigenvalue weighted by molar-refractivity contribution is 8.30. The summed E-state index contributed by atoms with van der Waals surface area (Å²) >= 11 is 0. The average Bonchev–Trinajstić information content (AvgIpc) is 0.694. The molecule has 0 aliphatic heterocycles. The highest BCUT2D eigenvalue weighted by Crippen LogP contribution is 2.75. The van der Waals surface area contributed by atoms with Crippen LogP contribution >= 0.6 is 10.3 Å². The van der Waals surface area contributed by atoms with Crippen molar-refractivity contribution in [2.75, 3.05) is 0 Å². The van der Waals surface area contributed by atoms with Gasteiger partial charge in [0.15, 0.2) is 0 Å². The molecule has 0 N–H and O–H groups in total. The summed E-state index contributed by atoms with van der Waals surface area (Å²) in [6, 6.07) is 13.3. The predicted octanol–water partition coefficient (Wildman–Crippen LogP) is 25.1. The summed E-state index contributed by atoms with van der Waals surface area (Å²) in [7, 11) is -4.72. The third-order valence-electron chi connectivity index (χ3n) is 16.5. The van der Waals surface area contributed by atoms with Gasteiger partial charge in [-0.3, -0.25) is 0 Å². The minimum absolute atomic E-state index is 0.0238. The fourth-order valence-electron chi connectivity index (χ4n) is 11.0. The van der Waals surface area contributed by atoms with Crippen LogP contribution in [-0.2, 0) is 47.5 Å². The van der Waals surface area contributed by atoms with Crippen molar-refractivity contribution in [3.8, 4) is 0 Å². The Morgan fingerprint density at radius 3 is 0.804 bits per heavy atom. The van der Waals surface area contributed by atoms with Crippen molar-refractivity contribution in [2.24, 2.45) is 0 Å². The maximum absolute atomic E-state index is 17.3. The monoisotopic (exact) mass is 1380 g/mol. The standard InChI is InChI=1S/C66H87F23O2S/c1-7-13-19-26-34-46-42-48(36-28-21-15-9-3)53(49(43-46)37-29-22-16-10-4)92(52-40-32-25-33-41-52,54-50(38-30-23-17-11-5)44-47(35-27-20-14-8-2)45-51(54)39-31-24-18-12-6)91-55(90)56(67,68)57(69,70)58(71,72)59(73,74)60(75,76)61(77,78)62(79,80)63(81,82)64(83,84)65(85,86)66(87,88)89/h25,32-33,40-45H,7-24,26-31,34-39H2,1-6H3. The van der Waals surface area contributed by atoms with Gasteiger partial charge in [0.05, 0.1) is 0 Å². The number of carbonyl (C=O) groups is 1. The lowest BCUT2D eigenvalue weighted by Crippen LogP contribution is -2.78. The van der Waals surface area contributed by atoms with E-state index in [2.05, 4.69) is 0 Å². The molecule has 2 nitrogen and oxygen atoms in total. The van der Waals surface area contributed by atoms with E-state index in [1.165, 1.54) is 30.3 Å². The third-order valence-corrected chi connectivity index (χ3v) is 20.0. The van der Waals surface area contributed by atoms with Gasteiger partial charge in [0.25, 0.3) is 0 Å². The SMILES string of the molecule is CCCCCCc1cc(CCCCCC)c(S(OC(=O)C(F)(F)C(F)(F)C(F)(F)C(F)(F)C(F)(F)C(F)(F)C(F)(F)C(F)(F)C(F)(F)C(F)(F)C(F)(F)F)(c2ccccc2)c2c(CCCCCC)cc(CCCCCC)cc2CCCCCC)c(CCCCCC)c1. The Morgan fingerprint density at radius 1 is 0.315 bits per heavy atom. The molecule has 92 heavy (non-hydrogen) atoms. The van der Waals surface area contributed by atoms with Gasteiger partial charge >= 0.3 is 71.4 Å². The molecule has 0 unspecified atom stereocenters. The number of carbonyl (C=O) groups excluding carboxylic acids is 1. The molecule has 3 rings (SSSR count).